The zero-order valence-electron chi connectivity index (χ0n) is 26.5. The lowest BCUT2D eigenvalue weighted by atomic mass is 9.81. The van der Waals surface area contributed by atoms with Gasteiger partial charge in [0.05, 0.1) is 17.4 Å². The van der Waals surface area contributed by atoms with E-state index >= 15 is 0 Å². The largest absolute Gasteiger partial charge is 0.416 e. The Morgan fingerprint density at radius 1 is 0.979 bits per heavy atom. The van der Waals surface area contributed by atoms with Gasteiger partial charge in [-0.3, -0.25) is 19.3 Å². The van der Waals surface area contributed by atoms with Crippen LogP contribution in [0.5, 0.6) is 0 Å². The van der Waals surface area contributed by atoms with Crippen molar-refractivity contribution in [2.75, 3.05) is 31.6 Å². The van der Waals surface area contributed by atoms with Gasteiger partial charge in [0.1, 0.15) is 11.9 Å². The number of halogens is 3. The van der Waals surface area contributed by atoms with Crippen LogP contribution in [-0.4, -0.2) is 65.1 Å². The van der Waals surface area contributed by atoms with E-state index in [1.165, 1.54) is 11.0 Å². The number of rotatable bonds is 8. The molecule has 0 radical (unpaired) electrons. The minimum Gasteiger partial charge on any atom is -0.348 e. The Labute approximate surface area is 276 Å². The number of para-hydroxylation sites is 1. The number of nitrogens with one attached hydrogen (secondary N) is 2. The first kappa shape index (κ1) is 32.7. The van der Waals surface area contributed by atoms with Gasteiger partial charge in [-0.25, -0.2) is 4.68 Å². The summed E-state index contributed by atoms with van der Waals surface area (Å²) in [5, 5.41) is 10.4. The molecule has 0 fully saturated rings. The summed E-state index contributed by atoms with van der Waals surface area (Å²) in [5.74, 6) is -1.60. The Morgan fingerprint density at radius 3 is 2.48 bits per heavy atom. The number of amides is 3. The van der Waals surface area contributed by atoms with Gasteiger partial charge in [-0.2, -0.15) is 18.3 Å². The third-order valence-corrected chi connectivity index (χ3v) is 8.68. The molecule has 2 atom stereocenters. The molecule has 2 N–H and O–H groups in total. The number of aromatic nitrogens is 2. The summed E-state index contributed by atoms with van der Waals surface area (Å²) in [4.78, 5) is 44.4. The van der Waals surface area contributed by atoms with Crippen molar-refractivity contribution in [3.8, 4) is 5.69 Å². The Kier molecular flexibility index (Phi) is 9.18. The summed E-state index contributed by atoms with van der Waals surface area (Å²) >= 11 is 0. The number of hydrogen-bond acceptors (Lipinski definition) is 5. The van der Waals surface area contributed by atoms with E-state index < -0.39 is 35.5 Å². The van der Waals surface area contributed by atoms with Gasteiger partial charge in [0.2, 0.25) is 5.91 Å². The van der Waals surface area contributed by atoms with Crippen molar-refractivity contribution in [2.24, 2.45) is 0 Å². The summed E-state index contributed by atoms with van der Waals surface area (Å²) in [6.07, 6.45) is -0.237. The van der Waals surface area contributed by atoms with Crippen molar-refractivity contribution < 1.29 is 27.6 Å². The first-order chi connectivity index (χ1) is 23.0. The minimum absolute atomic E-state index is 0.156. The summed E-state index contributed by atoms with van der Waals surface area (Å²) in [6, 6.07) is 19.6. The molecule has 4 aromatic rings. The fraction of sp³-hybridized carbons (Fsp3) is 0.278. The second-order valence-electron chi connectivity index (χ2n) is 11.9. The van der Waals surface area contributed by atoms with E-state index in [-0.39, 0.29) is 24.6 Å². The molecule has 1 aromatic heterocycles. The SMILES string of the molecule is CCN1C(=O)[C@H](NC(=O)c2cccc(C(F)(F)F)c2)[C@@H](c2cccc(CNC(=O)C3=CCCN(C)C3)c2)c2cnn(-c3ccccc3)c21. The minimum atomic E-state index is -4.64. The molecule has 0 saturated heterocycles. The van der Waals surface area contributed by atoms with Crippen LogP contribution in [0.25, 0.3) is 5.69 Å². The predicted molar refractivity (Wildman–Crippen MR) is 175 cm³/mol. The quantitative estimate of drug-likeness (QED) is 0.276. The van der Waals surface area contributed by atoms with Crippen molar-refractivity contribution in [1.82, 2.24) is 25.3 Å². The van der Waals surface area contributed by atoms with E-state index in [0.717, 1.165) is 42.4 Å². The first-order valence-corrected chi connectivity index (χ1v) is 15.7. The van der Waals surface area contributed by atoms with Crippen LogP contribution in [0.3, 0.4) is 0 Å². The van der Waals surface area contributed by atoms with Crippen molar-refractivity contribution in [3.63, 3.8) is 0 Å². The number of hydrogen-bond donors (Lipinski definition) is 2. The molecule has 2 aliphatic rings. The highest BCUT2D eigenvalue weighted by Gasteiger charge is 2.44. The fourth-order valence-corrected chi connectivity index (χ4v) is 6.33. The van der Waals surface area contributed by atoms with Crippen molar-refractivity contribution in [3.05, 3.63) is 125 Å². The van der Waals surface area contributed by atoms with Crippen LogP contribution >= 0.6 is 0 Å². The molecule has 3 aromatic carbocycles. The van der Waals surface area contributed by atoms with Crippen LogP contribution < -0.4 is 15.5 Å². The number of likely N-dealkylation sites (N-methyl/N-ethyl adjacent to an activating group) is 2. The van der Waals surface area contributed by atoms with Gasteiger partial charge < -0.3 is 15.5 Å². The van der Waals surface area contributed by atoms with Gasteiger partial charge >= 0.3 is 6.18 Å². The van der Waals surface area contributed by atoms with Crippen molar-refractivity contribution in [2.45, 2.75) is 38.0 Å². The van der Waals surface area contributed by atoms with E-state index in [0.29, 0.717) is 29.1 Å². The maximum Gasteiger partial charge on any atom is 0.416 e. The topological polar surface area (TPSA) is 99.6 Å². The summed E-state index contributed by atoms with van der Waals surface area (Å²) < 4.78 is 42.1. The summed E-state index contributed by atoms with van der Waals surface area (Å²) in [7, 11) is 1.96. The lowest BCUT2D eigenvalue weighted by Crippen LogP contribution is -2.55. The van der Waals surface area contributed by atoms with Gasteiger partial charge in [0.15, 0.2) is 0 Å². The van der Waals surface area contributed by atoms with E-state index in [2.05, 4.69) is 20.6 Å². The molecular weight excluding hydrogens is 621 g/mol. The third kappa shape index (κ3) is 6.61. The number of carbonyl (C=O) groups excluding carboxylic acids is 3. The highest BCUT2D eigenvalue weighted by molar-refractivity contribution is 6.05. The molecular formula is C36H35F3N6O3. The molecule has 0 aliphatic carbocycles. The molecule has 0 bridgehead atoms. The Morgan fingerprint density at radius 2 is 1.75 bits per heavy atom. The van der Waals surface area contributed by atoms with Crippen LogP contribution in [0.1, 0.15) is 51.9 Å². The highest BCUT2D eigenvalue weighted by Crippen LogP contribution is 2.42. The number of anilines is 1. The van der Waals surface area contributed by atoms with Gasteiger partial charge in [-0.15, -0.1) is 0 Å². The second kappa shape index (κ2) is 13.5. The van der Waals surface area contributed by atoms with Gasteiger partial charge in [0, 0.05) is 48.8 Å². The maximum absolute atomic E-state index is 14.3. The van der Waals surface area contributed by atoms with Gasteiger partial charge in [0.25, 0.3) is 11.8 Å². The monoisotopic (exact) mass is 656 g/mol. The van der Waals surface area contributed by atoms with Crippen molar-refractivity contribution in [1.29, 1.82) is 0 Å². The Balaban J connectivity index is 1.38. The standard InChI is InChI=1S/C36H35F3N6O3/c1-3-44-34-29(21-41-45(34)28-15-5-4-6-16-28)30(31(35(44)48)42-33(47)25-12-8-14-27(19-25)36(37,38)39)24-11-7-10-23(18-24)20-40-32(46)26-13-9-17-43(2)22-26/h4-8,10-16,18-19,21,30-31H,3,9,17,20,22H2,1-2H3,(H,40,46)(H,42,47)/t30-,31+/m0/s1. The molecule has 0 unspecified atom stereocenters. The van der Waals surface area contributed by atoms with Crippen LogP contribution in [0.2, 0.25) is 0 Å². The maximum atomic E-state index is 14.3. The molecule has 0 spiro atoms. The number of carbonyl (C=O) groups is 3. The molecule has 9 nitrogen and oxygen atoms in total. The Bertz CT molecular complexity index is 1870. The van der Waals surface area contributed by atoms with Crippen LogP contribution in [0.15, 0.2) is 96.7 Å². The van der Waals surface area contributed by atoms with Crippen LogP contribution in [-0.2, 0) is 22.3 Å². The first-order valence-electron chi connectivity index (χ1n) is 15.7. The summed E-state index contributed by atoms with van der Waals surface area (Å²) in [5.41, 5.74) is 2.35. The van der Waals surface area contributed by atoms with Gasteiger partial charge in [-0.1, -0.05) is 54.6 Å². The molecule has 0 saturated carbocycles. The molecule has 3 heterocycles. The van der Waals surface area contributed by atoms with Crippen LogP contribution in [0.4, 0.5) is 19.0 Å². The molecule has 2 aliphatic heterocycles. The second-order valence-corrected chi connectivity index (χ2v) is 11.9. The molecule has 248 valence electrons. The fourth-order valence-electron chi connectivity index (χ4n) is 6.33. The normalized spacial score (nSPS) is 18.2. The lowest BCUT2D eigenvalue weighted by Gasteiger charge is -2.38. The van der Waals surface area contributed by atoms with E-state index in [9.17, 15) is 27.6 Å². The van der Waals surface area contributed by atoms with Gasteiger partial charge in [-0.05, 0) is 61.9 Å². The number of fused-ring (bicyclic) bond motifs is 1. The van der Waals surface area contributed by atoms with E-state index in [4.69, 9.17) is 0 Å². The zero-order valence-corrected chi connectivity index (χ0v) is 26.5. The lowest BCUT2D eigenvalue weighted by molar-refractivity contribution is -0.137. The summed E-state index contributed by atoms with van der Waals surface area (Å²) in [6.45, 7) is 3.74. The molecule has 6 rings (SSSR count). The Hall–Kier alpha value is -5.23. The highest BCUT2D eigenvalue weighted by atomic mass is 19.4. The number of benzene rings is 3. The average molecular weight is 657 g/mol. The van der Waals surface area contributed by atoms with E-state index in [1.807, 2.05) is 67.7 Å². The zero-order chi connectivity index (χ0) is 34.0. The smallest absolute Gasteiger partial charge is 0.348 e. The van der Waals surface area contributed by atoms with E-state index in [1.54, 1.807) is 17.8 Å². The molecule has 48 heavy (non-hydrogen) atoms. The number of nitrogens with zero attached hydrogens (tertiary/aromatic N) is 4. The predicted octanol–water partition coefficient (Wildman–Crippen LogP) is 5.07. The third-order valence-electron chi connectivity index (χ3n) is 8.68. The van der Waals surface area contributed by atoms with Crippen molar-refractivity contribution >= 4 is 23.5 Å². The molecule has 3 amide bonds. The average Bonchev–Trinajstić information content (AvgIpc) is 3.52. The molecule has 12 heteroatoms. The number of alkyl halides is 3. The van der Waals surface area contributed by atoms with Crippen LogP contribution in [0, 0.1) is 0 Å².